The molecule has 1 aromatic heterocycles. The molecule has 2 rings (SSSR count). The van der Waals surface area contributed by atoms with Crippen LogP contribution in [0.1, 0.15) is 11.3 Å². The molecule has 0 spiro atoms. The van der Waals surface area contributed by atoms with Crippen molar-refractivity contribution in [1.82, 2.24) is 0 Å². The molecule has 0 aliphatic carbocycles. The zero-order chi connectivity index (χ0) is 10.7. The summed E-state index contributed by atoms with van der Waals surface area (Å²) in [7, 11) is 0. The molecule has 0 N–H and O–H groups in total. The van der Waals surface area contributed by atoms with Gasteiger partial charge < -0.3 is 4.42 Å². The summed E-state index contributed by atoms with van der Waals surface area (Å²) < 4.78 is 6.14. The minimum absolute atomic E-state index is 0.738. The molecule has 2 aromatic rings. The molecule has 0 unspecified atom stereocenters. The first-order chi connectivity index (χ1) is 7.24. The second kappa shape index (κ2) is 4.45. The second-order valence-corrected chi connectivity index (χ2v) is 4.18. The molecule has 76 valence electrons. The van der Waals surface area contributed by atoms with Gasteiger partial charge in [0.1, 0.15) is 12.0 Å². The third-order valence-electron chi connectivity index (χ3n) is 1.96. The van der Waals surface area contributed by atoms with Crippen molar-refractivity contribution in [2.75, 3.05) is 0 Å². The topological polar surface area (TPSA) is 25.5 Å². The summed E-state index contributed by atoms with van der Waals surface area (Å²) in [6.07, 6.45) is 3.34. The first-order valence-electron chi connectivity index (χ1n) is 4.59. The van der Waals surface area contributed by atoms with E-state index in [4.69, 9.17) is 4.42 Å². The molecule has 0 bridgehead atoms. The summed E-state index contributed by atoms with van der Waals surface area (Å²) in [5, 5.41) is 0. The van der Waals surface area contributed by atoms with E-state index >= 15 is 0 Å². The number of nitrogens with zero attached hydrogens (tertiary/aromatic N) is 1. The Kier molecular flexibility index (Phi) is 3.02. The van der Waals surface area contributed by atoms with Gasteiger partial charge in [0.25, 0.3) is 0 Å². The van der Waals surface area contributed by atoms with Crippen LogP contribution in [0.3, 0.4) is 0 Å². The Morgan fingerprint density at radius 2 is 2.00 bits per heavy atom. The van der Waals surface area contributed by atoms with Gasteiger partial charge in [-0.1, -0.05) is 17.7 Å². The molecule has 0 saturated heterocycles. The van der Waals surface area contributed by atoms with Gasteiger partial charge in [-0.05, 0) is 41.1 Å². The highest BCUT2D eigenvalue weighted by Crippen LogP contribution is 2.15. The molecule has 0 amide bonds. The van der Waals surface area contributed by atoms with E-state index < -0.39 is 0 Å². The lowest BCUT2D eigenvalue weighted by Gasteiger charge is -1.93. The maximum atomic E-state index is 5.21. The smallest absolute Gasteiger partial charge is 0.146 e. The fourth-order valence-corrected chi connectivity index (χ4v) is 1.48. The summed E-state index contributed by atoms with van der Waals surface area (Å²) in [5.74, 6) is 0.738. The van der Waals surface area contributed by atoms with Crippen LogP contribution in [0, 0.1) is 6.92 Å². The molecule has 0 atom stereocenters. The SMILES string of the molecule is Cc1ccc(N=Cc2cc(Br)co2)cc1. The highest BCUT2D eigenvalue weighted by molar-refractivity contribution is 9.10. The summed E-state index contributed by atoms with van der Waals surface area (Å²) in [4.78, 5) is 4.29. The van der Waals surface area contributed by atoms with Gasteiger partial charge in [0, 0.05) is 0 Å². The van der Waals surface area contributed by atoms with Gasteiger partial charge in [-0.3, -0.25) is 4.99 Å². The van der Waals surface area contributed by atoms with Crippen molar-refractivity contribution in [2.45, 2.75) is 6.92 Å². The number of furan rings is 1. The Morgan fingerprint density at radius 1 is 1.27 bits per heavy atom. The molecule has 1 aromatic carbocycles. The predicted octanol–water partition coefficient (Wildman–Crippen LogP) is 4.10. The zero-order valence-corrected chi connectivity index (χ0v) is 9.86. The van der Waals surface area contributed by atoms with Gasteiger partial charge in [0.05, 0.1) is 16.4 Å². The van der Waals surface area contributed by atoms with E-state index in [9.17, 15) is 0 Å². The molecule has 1 heterocycles. The van der Waals surface area contributed by atoms with Crippen LogP contribution < -0.4 is 0 Å². The monoisotopic (exact) mass is 263 g/mol. The molecule has 0 aliphatic rings. The van der Waals surface area contributed by atoms with E-state index in [-0.39, 0.29) is 0 Å². The fraction of sp³-hybridized carbons (Fsp3) is 0.0833. The highest BCUT2D eigenvalue weighted by Gasteiger charge is 1.94. The van der Waals surface area contributed by atoms with Gasteiger partial charge in [-0.25, -0.2) is 0 Å². The number of benzene rings is 1. The largest absolute Gasteiger partial charge is 0.462 e. The van der Waals surface area contributed by atoms with Crippen molar-refractivity contribution in [3.05, 3.63) is 52.4 Å². The minimum atomic E-state index is 0.738. The van der Waals surface area contributed by atoms with Crippen LogP contribution in [0.15, 0.2) is 50.5 Å². The van der Waals surface area contributed by atoms with E-state index in [1.54, 1.807) is 12.5 Å². The Hall–Kier alpha value is -1.35. The quantitative estimate of drug-likeness (QED) is 0.749. The number of rotatable bonds is 2. The number of hydrogen-bond acceptors (Lipinski definition) is 2. The number of halogens is 1. The summed E-state index contributed by atoms with van der Waals surface area (Å²) >= 11 is 3.31. The van der Waals surface area contributed by atoms with Crippen molar-refractivity contribution in [2.24, 2.45) is 4.99 Å². The average molecular weight is 264 g/mol. The summed E-state index contributed by atoms with van der Waals surface area (Å²) in [6, 6.07) is 9.89. The van der Waals surface area contributed by atoms with Crippen molar-refractivity contribution in [3.8, 4) is 0 Å². The van der Waals surface area contributed by atoms with Crippen LogP contribution in [0.4, 0.5) is 5.69 Å². The molecule has 15 heavy (non-hydrogen) atoms. The van der Waals surface area contributed by atoms with E-state index in [1.165, 1.54) is 5.56 Å². The molecule has 3 heteroatoms. The summed E-state index contributed by atoms with van der Waals surface area (Å²) in [6.45, 7) is 2.05. The van der Waals surface area contributed by atoms with E-state index in [1.807, 2.05) is 30.3 Å². The average Bonchev–Trinajstić information content (AvgIpc) is 2.64. The maximum Gasteiger partial charge on any atom is 0.146 e. The fourth-order valence-electron chi connectivity index (χ4n) is 1.16. The van der Waals surface area contributed by atoms with Crippen LogP contribution in [0.2, 0.25) is 0 Å². The zero-order valence-electron chi connectivity index (χ0n) is 8.27. The van der Waals surface area contributed by atoms with Gasteiger partial charge in [0.2, 0.25) is 0 Å². The number of aryl methyl sites for hydroxylation is 1. The Bertz CT molecular complexity index is 471. The van der Waals surface area contributed by atoms with Crippen molar-refractivity contribution < 1.29 is 4.42 Å². The molecule has 0 fully saturated rings. The van der Waals surface area contributed by atoms with Crippen molar-refractivity contribution >= 4 is 27.8 Å². The Balaban J connectivity index is 2.14. The van der Waals surface area contributed by atoms with Crippen LogP contribution in [-0.2, 0) is 0 Å². The van der Waals surface area contributed by atoms with E-state index in [0.29, 0.717) is 0 Å². The molecular formula is C12H10BrNO. The molecular weight excluding hydrogens is 254 g/mol. The minimum Gasteiger partial charge on any atom is -0.462 e. The van der Waals surface area contributed by atoms with E-state index in [0.717, 1.165) is 15.9 Å². The van der Waals surface area contributed by atoms with Gasteiger partial charge in [-0.2, -0.15) is 0 Å². The van der Waals surface area contributed by atoms with Crippen LogP contribution in [0.5, 0.6) is 0 Å². The highest BCUT2D eigenvalue weighted by atomic mass is 79.9. The molecule has 0 saturated carbocycles. The second-order valence-electron chi connectivity index (χ2n) is 3.26. The lowest BCUT2D eigenvalue weighted by atomic mass is 10.2. The van der Waals surface area contributed by atoms with Crippen LogP contribution in [0.25, 0.3) is 0 Å². The standard InChI is InChI=1S/C12H10BrNO/c1-9-2-4-11(5-3-9)14-7-12-6-10(13)8-15-12/h2-8H,1H3. The molecule has 0 radical (unpaired) electrons. The van der Waals surface area contributed by atoms with E-state index in [2.05, 4.69) is 27.8 Å². The lowest BCUT2D eigenvalue weighted by Crippen LogP contribution is -1.74. The Morgan fingerprint density at radius 3 is 2.60 bits per heavy atom. The lowest BCUT2D eigenvalue weighted by molar-refractivity contribution is 0.559. The number of aliphatic imine (C=N–C) groups is 1. The maximum absolute atomic E-state index is 5.21. The van der Waals surface area contributed by atoms with Crippen molar-refractivity contribution in [1.29, 1.82) is 0 Å². The van der Waals surface area contributed by atoms with Crippen molar-refractivity contribution in [3.63, 3.8) is 0 Å². The normalized spacial score (nSPS) is 11.1. The number of hydrogen-bond donors (Lipinski definition) is 0. The van der Waals surface area contributed by atoms with Crippen LogP contribution in [-0.4, -0.2) is 6.21 Å². The molecule has 2 nitrogen and oxygen atoms in total. The third kappa shape index (κ3) is 2.80. The first kappa shape index (κ1) is 10.2. The van der Waals surface area contributed by atoms with Gasteiger partial charge >= 0.3 is 0 Å². The van der Waals surface area contributed by atoms with Crippen LogP contribution >= 0.6 is 15.9 Å². The molecule has 0 aliphatic heterocycles. The first-order valence-corrected chi connectivity index (χ1v) is 5.38. The van der Waals surface area contributed by atoms with Gasteiger partial charge in [-0.15, -0.1) is 0 Å². The van der Waals surface area contributed by atoms with Gasteiger partial charge in [0.15, 0.2) is 0 Å². The predicted molar refractivity (Wildman–Crippen MR) is 64.8 cm³/mol. The Labute approximate surface area is 96.8 Å². The summed E-state index contributed by atoms with van der Waals surface area (Å²) in [5.41, 5.74) is 2.16. The third-order valence-corrected chi connectivity index (χ3v) is 2.38.